The fraction of sp³-hybridized carbons (Fsp3) is 0.190. The number of rotatable bonds is 7. The SMILES string of the molecule is Cc1noc(C)c1COc1ccc(C(=O)NCC(=O)Nc2ccc(F)c(F)c2)cc1. The van der Waals surface area contributed by atoms with Crippen molar-refractivity contribution in [2.24, 2.45) is 0 Å². The van der Waals surface area contributed by atoms with Crippen molar-refractivity contribution >= 4 is 17.5 Å². The molecule has 30 heavy (non-hydrogen) atoms. The van der Waals surface area contributed by atoms with Gasteiger partial charge >= 0.3 is 0 Å². The van der Waals surface area contributed by atoms with Gasteiger partial charge in [0.1, 0.15) is 18.1 Å². The van der Waals surface area contributed by atoms with Crippen LogP contribution in [0.2, 0.25) is 0 Å². The van der Waals surface area contributed by atoms with E-state index in [4.69, 9.17) is 9.26 Å². The molecule has 1 aromatic heterocycles. The summed E-state index contributed by atoms with van der Waals surface area (Å²) in [5, 5.41) is 8.68. The molecule has 1 heterocycles. The van der Waals surface area contributed by atoms with E-state index in [1.54, 1.807) is 31.2 Å². The number of hydrogen-bond acceptors (Lipinski definition) is 5. The Balaban J connectivity index is 1.49. The van der Waals surface area contributed by atoms with Crippen molar-refractivity contribution < 1.29 is 27.6 Å². The van der Waals surface area contributed by atoms with Crippen molar-refractivity contribution in [3.05, 3.63) is 76.7 Å². The summed E-state index contributed by atoms with van der Waals surface area (Å²) >= 11 is 0. The molecule has 0 aliphatic heterocycles. The Kier molecular flexibility index (Phi) is 6.41. The average Bonchev–Trinajstić information content (AvgIpc) is 3.05. The molecule has 0 unspecified atom stereocenters. The molecule has 3 rings (SSSR count). The largest absolute Gasteiger partial charge is 0.489 e. The molecule has 2 N–H and O–H groups in total. The number of halogens is 2. The van der Waals surface area contributed by atoms with Crippen LogP contribution in [-0.4, -0.2) is 23.5 Å². The second-order valence-corrected chi connectivity index (χ2v) is 6.48. The minimum absolute atomic E-state index is 0.0907. The Hall–Kier alpha value is -3.75. The third-order valence-electron chi connectivity index (χ3n) is 4.29. The zero-order chi connectivity index (χ0) is 21.7. The van der Waals surface area contributed by atoms with Crippen LogP contribution in [0.3, 0.4) is 0 Å². The molecule has 9 heteroatoms. The molecule has 0 saturated heterocycles. The predicted octanol–water partition coefficient (Wildman–Crippen LogP) is 3.52. The number of ether oxygens (including phenoxy) is 1. The van der Waals surface area contributed by atoms with Crippen molar-refractivity contribution in [2.45, 2.75) is 20.5 Å². The van der Waals surface area contributed by atoms with Crippen molar-refractivity contribution in [3.63, 3.8) is 0 Å². The van der Waals surface area contributed by atoms with Gasteiger partial charge in [-0.15, -0.1) is 0 Å². The first-order chi connectivity index (χ1) is 14.3. The Bertz CT molecular complexity index is 1050. The Morgan fingerprint density at radius 2 is 1.80 bits per heavy atom. The van der Waals surface area contributed by atoms with Gasteiger partial charge in [0.15, 0.2) is 11.6 Å². The number of carbonyl (C=O) groups is 2. The van der Waals surface area contributed by atoms with Crippen molar-refractivity contribution in [1.82, 2.24) is 10.5 Å². The minimum Gasteiger partial charge on any atom is -0.489 e. The number of benzene rings is 2. The maximum absolute atomic E-state index is 13.2. The van der Waals surface area contributed by atoms with Crippen LogP contribution in [0, 0.1) is 25.5 Å². The molecular formula is C21H19F2N3O4. The molecule has 7 nitrogen and oxygen atoms in total. The number of aryl methyl sites for hydroxylation is 2. The lowest BCUT2D eigenvalue weighted by Gasteiger charge is -2.09. The van der Waals surface area contributed by atoms with Crippen LogP contribution < -0.4 is 15.4 Å². The molecule has 0 aliphatic rings. The van der Waals surface area contributed by atoms with E-state index in [9.17, 15) is 18.4 Å². The smallest absolute Gasteiger partial charge is 0.251 e. The van der Waals surface area contributed by atoms with Crippen LogP contribution in [0.4, 0.5) is 14.5 Å². The molecule has 0 aliphatic carbocycles. The number of nitrogens with one attached hydrogen (secondary N) is 2. The van der Waals surface area contributed by atoms with Crippen LogP contribution in [0.25, 0.3) is 0 Å². The first-order valence-electron chi connectivity index (χ1n) is 9.01. The maximum atomic E-state index is 13.2. The van der Waals surface area contributed by atoms with Crippen molar-refractivity contribution in [3.8, 4) is 5.75 Å². The zero-order valence-corrected chi connectivity index (χ0v) is 16.3. The second-order valence-electron chi connectivity index (χ2n) is 6.48. The minimum atomic E-state index is -1.08. The summed E-state index contributed by atoms with van der Waals surface area (Å²) in [4.78, 5) is 24.1. The number of amides is 2. The summed E-state index contributed by atoms with van der Waals surface area (Å²) < 4.78 is 36.8. The molecule has 0 bridgehead atoms. The molecule has 156 valence electrons. The third-order valence-corrected chi connectivity index (χ3v) is 4.29. The molecule has 3 aromatic rings. The Morgan fingerprint density at radius 3 is 2.43 bits per heavy atom. The molecule has 2 amide bonds. The van der Waals surface area contributed by atoms with Crippen LogP contribution in [0.15, 0.2) is 47.0 Å². The number of carbonyl (C=O) groups excluding carboxylic acids is 2. The quantitative estimate of drug-likeness (QED) is 0.616. The summed E-state index contributed by atoms with van der Waals surface area (Å²) in [6.07, 6.45) is 0. The monoisotopic (exact) mass is 415 g/mol. The van der Waals surface area contributed by atoms with E-state index in [2.05, 4.69) is 15.8 Å². The van der Waals surface area contributed by atoms with Gasteiger partial charge in [-0.3, -0.25) is 9.59 Å². The average molecular weight is 415 g/mol. The molecule has 0 saturated carbocycles. The van der Waals surface area contributed by atoms with Gasteiger partial charge in [0.25, 0.3) is 5.91 Å². The number of aromatic nitrogens is 1. The molecule has 0 radical (unpaired) electrons. The fourth-order valence-electron chi connectivity index (χ4n) is 2.61. The number of nitrogens with zero attached hydrogens (tertiary/aromatic N) is 1. The van der Waals surface area contributed by atoms with Gasteiger partial charge in [0.05, 0.1) is 17.8 Å². The normalized spacial score (nSPS) is 10.5. The van der Waals surface area contributed by atoms with Crippen LogP contribution in [0.1, 0.15) is 27.4 Å². The van der Waals surface area contributed by atoms with Crippen LogP contribution in [0.5, 0.6) is 5.75 Å². The highest BCUT2D eigenvalue weighted by Gasteiger charge is 2.12. The lowest BCUT2D eigenvalue weighted by atomic mass is 10.2. The van der Waals surface area contributed by atoms with E-state index < -0.39 is 23.4 Å². The van der Waals surface area contributed by atoms with Gasteiger partial charge in [-0.1, -0.05) is 5.16 Å². The molecule has 0 spiro atoms. The maximum Gasteiger partial charge on any atom is 0.251 e. The highest BCUT2D eigenvalue weighted by Crippen LogP contribution is 2.18. The lowest BCUT2D eigenvalue weighted by Crippen LogP contribution is -2.32. The van der Waals surface area contributed by atoms with Crippen LogP contribution in [-0.2, 0) is 11.4 Å². The van der Waals surface area contributed by atoms with Gasteiger partial charge < -0.3 is 19.9 Å². The molecule has 0 fully saturated rings. The van der Waals surface area contributed by atoms with E-state index in [0.717, 1.165) is 23.4 Å². The predicted molar refractivity (Wildman–Crippen MR) is 104 cm³/mol. The topological polar surface area (TPSA) is 93.5 Å². The summed E-state index contributed by atoms with van der Waals surface area (Å²) in [5.41, 5.74) is 2.04. The first kappa shape index (κ1) is 21.0. The van der Waals surface area contributed by atoms with E-state index >= 15 is 0 Å². The van der Waals surface area contributed by atoms with E-state index in [1.807, 2.05) is 6.92 Å². The second kappa shape index (κ2) is 9.17. The first-order valence-corrected chi connectivity index (χ1v) is 9.01. The Labute approximate surface area is 171 Å². The van der Waals surface area contributed by atoms with Gasteiger partial charge in [-0.05, 0) is 50.2 Å². The van der Waals surface area contributed by atoms with Crippen molar-refractivity contribution in [2.75, 3.05) is 11.9 Å². The number of anilines is 1. The van der Waals surface area contributed by atoms with Gasteiger partial charge in [-0.2, -0.15) is 0 Å². The van der Waals surface area contributed by atoms with E-state index in [-0.39, 0.29) is 18.8 Å². The van der Waals surface area contributed by atoms with Crippen LogP contribution >= 0.6 is 0 Å². The standard InChI is InChI=1S/C21H19F2N3O4/c1-12-17(13(2)30-26-12)11-29-16-6-3-14(4-7-16)21(28)24-10-20(27)25-15-5-8-18(22)19(23)9-15/h3-9H,10-11H2,1-2H3,(H,24,28)(H,25,27). The lowest BCUT2D eigenvalue weighted by molar-refractivity contribution is -0.115. The van der Waals surface area contributed by atoms with E-state index in [0.29, 0.717) is 17.1 Å². The highest BCUT2D eigenvalue weighted by molar-refractivity contribution is 5.99. The van der Waals surface area contributed by atoms with E-state index in [1.165, 1.54) is 6.07 Å². The van der Waals surface area contributed by atoms with Gasteiger partial charge in [-0.25, -0.2) is 8.78 Å². The highest BCUT2D eigenvalue weighted by atomic mass is 19.2. The molecule has 2 aromatic carbocycles. The summed E-state index contributed by atoms with van der Waals surface area (Å²) in [5.74, 6) is -1.89. The van der Waals surface area contributed by atoms with Gasteiger partial charge in [0, 0.05) is 17.3 Å². The third kappa shape index (κ3) is 5.19. The summed E-state index contributed by atoms with van der Waals surface area (Å²) in [6.45, 7) is 3.58. The zero-order valence-electron chi connectivity index (χ0n) is 16.3. The van der Waals surface area contributed by atoms with Gasteiger partial charge in [0.2, 0.25) is 5.91 Å². The Morgan fingerprint density at radius 1 is 1.07 bits per heavy atom. The summed E-state index contributed by atoms with van der Waals surface area (Å²) in [6, 6.07) is 9.37. The fourth-order valence-corrected chi connectivity index (χ4v) is 2.61. The molecular weight excluding hydrogens is 396 g/mol. The number of hydrogen-bond donors (Lipinski definition) is 2. The van der Waals surface area contributed by atoms with Crippen molar-refractivity contribution in [1.29, 1.82) is 0 Å². The molecule has 0 atom stereocenters. The summed E-state index contributed by atoms with van der Waals surface area (Å²) in [7, 11) is 0.